The molecule has 0 aromatic heterocycles. The van der Waals surface area contributed by atoms with E-state index in [1.54, 1.807) is 18.2 Å². The third kappa shape index (κ3) is 5.15. The molecule has 0 aliphatic carbocycles. The van der Waals surface area contributed by atoms with E-state index < -0.39 is 6.10 Å². The van der Waals surface area contributed by atoms with E-state index in [9.17, 15) is 9.90 Å². The van der Waals surface area contributed by atoms with Crippen LogP contribution in [0.2, 0.25) is 10.0 Å². The monoisotopic (exact) mass is 419 g/mol. The molecular formula is C22H23Cl2NO3. The molecule has 6 heteroatoms. The van der Waals surface area contributed by atoms with E-state index in [1.807, 2.05) is 18.2 Å². The Hall–Kier alpha value is -1.85. The summed E-state index contributed by atoms with van der Waals surface area (Å²) in [6.07, 6.45) is 4.65. The Labute approximate surface area is 175 Å². The van der Waals surface area contributed by atoms with Crippen molar-refractivity contribution in [3.8, 4) is 0 Å². The molecule has 0 bridgehead atoms. The summed E-state index contributed by atoms with van der Waals surface area (Å²) in [7, 11) is 1.36. The molecule has 1 aliphatic heterocycles. The second kappa shape index (κ2) is 9.57. The van der Waals surface area contributed by atoms with Gasteiger partial charge in [-0.25, -0.2) is 4.79 Å². The van der Waals surface area contributed by atoms with E-state index in [-0.39, 0.29) is 12.0 Å². The van der Waals surface area contributed by atoms with Crippen LogP contribution in [0.25, 0.3) is 6.08 Å². The van der Waals surface area contributed by atoms with E-state index in [0.717, 1.165) is 30.5 Å². The minimum atomic E-state index is -0.627. The van der Waals surface area contributed by atoms with Gasteiger partial charge in [0.25, 0.3) is 0 Å². The van der Waals surface area contributed by atoms with Gasteiger partial charge in [-0.05, 0) is 54.3 Å². The molecule has 148 valence electrons. The van der Waals surface area contributed by atoms with Crippen LogP contribution in [-0.2, 0) is 9.53 Å². The van der Waals surface area contributed by atoms with Crippen molar-refractivity contribution in [2.75, 3.05) is 20.2 Å². The highest BCUT2D eigenvalue weighted by atomic mass is 35.5. The van der Waals surface area contributed by atoms with E-state index >= 15 is 0 Å². The molecule has 0 spiro atoms. The van der Waals surface area contributed by atoms with Gasteiger partial charge in [0.15, 0.2) is 0 Å². The molecule has 2 aromatic rings. The number of β-amino-alcohol motifs (C(OH)–C–C–N with tert-alkyl or cyclic N) is 1. The maximum atomic E-state index is 11.2. The standard InChI is InChI=1S/C22H23Cl2NO3/c1-28-22(27)11-6-15-4-7-16(8-5-15)20-3-2-12-25(20)14-21(26)17-9-10-18(23)19(24)13-17/h4-11,13,20-21,26H,2-3,12,14H2,1H3/t20-,21?/m0/s1. The Bertz CT molecular complexity index is 851. The topological polar surface area (TPSA) is 49.8 Å². The van der Waals surface area contributed by atoms with Gasteiger partial charge in [0, 0.05) is 18.7 Å². The van der Waals surface area contributed by atoms with Crippen LogP contribution < -0.4 is 0 Å². The maximum Gasteiger partial charge on any atom is 0.330 e. The first-order chi connectivity index (χ1) is 13.5. The highest BCUT2D eigenvalue weighted by molar-refractivity contribution is 6.42. The zero-order chi connectivity index (χ0) is 20.1. The number of likely N-dealkylation sites (tertiary alicyclic amines) is 1. The van der Waals surface area contributed by atoms with Gasteiger partial charge in [0.2, 0.25) is 0 Å². The number of carbonyl (C=O) groups is 1. The largest absolute Gasteiger partial charge is 0.466 e. The lowest BCUT2D eigenvalue weighted by molar-refractivity contribution is -0.134. The predicted molar refractivity (Wildman–Crippen MR) is 112 cm³/mol. The smallest absolute Gasteiger partial charge is 0.330 e. The summed E-state index contributed by atoms with van der Waals surface area (Å²) in [5.41, 5.74) is 2.91. The van der Waals surface area contributed by atoms with Crippen LogP contribution in [0.3, 0.4) is 0 Å². The Morgan fingerprint density at radius 1 is 1.25 bits per heavy atom. The van der Waals surface area contributed by atoms with Crippen molar-refractivity contribution in [2.24, 2.45) is 0 Å². The summed E-state index contributed by atoms with van der Waals surface area (Å²) in [6, 6.07) is 13.6. The number of hydrogen-bond donors (Lipinski definition) is 1. The molecule has 2 aromatic carbocycles. The number of halogens is 2. The average molecular weight is 420 g/mol. The molecule has 1 saturated heterocycles. The first-order valence-corrected chi connectivity index (χ1v) is 9.96. The van der Waals surface area contributed by atoms with Gasteiger partial charge >= 0.3 is 5.97 Å². The number of nitrogens with zero attached hydrogens (tertiary/aromatic N) is 1. The molecule has 2 atom stereocenters. The molecule has 0 amide bonds. The highest BCUT2D eigenvalue weighted by Gasteiger charge is 2.28. The first kappa shape index (κ1) is 20.9. The minimum Gasteiger partial charge on any atom is -0.466 e. The van der Waals surface area contributed by atoms with Crippen molar-refractivity contribution in [1.29, 1.82) is 0 Å². The van der Waals surface area contributed by atoms with Crippen molar-refractivity contribution in [1.82, 2.24) is 4.90 Å². The Morgan fingerprint density at radius 2 is 2.00 bits per heavy atom. The third-order valence-electron chi connectivity index (χ3n) is 5.03. The molecule has 1 heterocycles. The number of aliphatic hydroxyl groups is 1. The number of ether oxygens (including phenoxy) is 1. The fraction of sp³-hybridized carbons (Fsp3) is 0.318. The number of methoxy groups -OCH3 is 1. The average Bonchev–Trinajstić information content (AvgIpc) is 3.16. The summed E-state index contributed by atoms with van der Waals surface area (Å²) in [5, 5.41) is 11.6. The molecule has 4 nitrogen and oxygen atoms in total. The molecule has 3 rings (SSSR count). The van der Waals surface area contributed by atoms with Gasteiger partial charge in [0.05, 0.1) is 23.3 Å². The van der Waals surface area contributed by atoms with Crippen LogP contribution in [0.1, 0.15) is 41.7 Å². The number of aliphatic hydroxyl groups excluding tert-OH is 1. The van der Waals surface area contributed by atoms with Crippen LogP contribution >= 0.6 is 23.2 Å². The first-order valence-electron chi connectivity index (χ1n) is 9.21. The summed E-state index contributed by atoms with van der Waals surface area (Å²) >= 11 is 12.0. The van der Waals surface area contributed by atoms with Crippen LogP contribution in [0.5, 0.6) is 0 Å². The fourth-order valence-corrected chi connectivity index (χ4v) is 3.84. The van der Waals surface area contributed by atoms with Crippen molar-refractivity contribution in [3.63, 3.8) is 0 Å². The predicted octanol–water partition coefficient (Wildman–Crippen LogP) is 5.05. The van der Waals surface area contributed by atoms with E-state index in [0.29, 0.717) is 16.6 Å². The van der Waals surface area contributed by atoms with E-state index in [2.05, 4.69) is 21.8 Å². The Kier molecular flexibility index (Phi) is 7.13. The van der Waals surface area contributed by atoms with E-state index in [1.165, 1.54) is 18.7 Å². The molecule has 28 heavy (non-hydrogen) atoms. The summed E-state index contributed by atoms with van der Waals surface area (Å²) < 4.78 is 4.61. The molecule has 1 fully saturated rings. The van der Waals surface area contributed by atoms with Crippen molar-refractivity contribution < 1.29 is 14.6 Å². The lowest BCUT2D eigenvalue weighted by Gasteiger charge is -2.27. The molecular weight excluding hydrogens is 397 g/mol. The summed E-state index contributed by atoms with van der Waals surface area (Å²) in [4.78, 5) is 13.5. The summed E-state index contributed by atoms with van der Waals surface area (Å²) in [6.45, 7) is 1.47. The van der Waals surface area contributed by atoms with Crippen molar-refractivity contribution in [3.05, 3.63) is 75.3 Å². The normalized spacial score (nSPS) is 18.5. The van der Waals surface area contributed by atoms with Gasteiger partial charge in [0.1, 0.15) is 0 Å². The quantitative estimate of drug-likeness (QED) is 0.525. The zero-order valence-corrected chi connectivity index (χ0v) is 17.2. The maximum absolute atomic E-state index is 11.2. The van der Waals surface area contributed by atoms with Crippen molar-refractivity contribution in [2.45, 2.75) is 25.0 Å². The molecule has 0 saturated carbocycles. The van der Waals surface area contributed by atoms with Crippen molar-refractivity contribution >= 4 is 35.2 Å². The molecule has 0 radical (unpaired) electrons. The van der Waals surface area contributed by atoms with Gasteiger partial charge < -0.3 is 9.84 Å². The van der Waals surface area contributed by atoms with Crippen LogP contribution in [0.4, 0.5) is 0 Å². The van der Waals surface area contributed by atoms with Gasteiger partial charge in [-0.2, -0.15) is 0 Å². The minimum absolute atomic E-state index is 0.260. The van der Waals surface area contributed by atoms with E-state index in [4.69, 9.17) is 23.2 Å². The molecule has 1 aliphatic rings. The Morgan fingerprint density at radius 3 is 2.68 bits per heavy atom. The number of esters is 1. The molecule has 1 unspecified atom stereocenters. The highest BCUT2D eigenvalue weighted by Crippen LogP contribution is 2.34. The van der Waals surface area contributed by atoms with Gasteiger partial charge in [-0.1, -0.05) is 53.5 Å². The lowest BCUT2D eigenvalue weighted by Crippen LogP contribution is -2.28. The second-order valence-corrected chi connectivity index (χ2v) is 7.68. The SMILES string of the molecule is COC(=O)C=Cc1ccc([C@@H]2CCCN2CC(O)c2ccc(Cl)c(Cl)c2)cc1. The number of hydrogen-bond acceptors (Lipinski definition) is 4. The lowest BCUT2D eigenvalue weighted by atomic mass is 10.0. The van der Waals surface area contributed by atoms with Gasteiger partial charge in [-0.3, -0.25) is 4.90 Å². The molecule has 1 N–H and O–H groups in total. The number of rotatable bonds is 6. The second-order valence-electron chi connectivity index (χ2n) is 6.87. The zero-order valence-electron chi connectivity index (χ0n) is 15.6. The van der Waals surface area contributed by atoms with Crippen LogP contribution in [0, 0.1) is 0 Å². The summed E-state index contributed by atoms with van der Waals surface area (Å²) in [5.74, 6) is -0.373. The fourth-order valence-electron chi connectivity index (χ4n) is 3.53. The number of carbonyl (C=O) groups excluding carboxylic acids is 1. The number of benzene rings is 2. The Balaban J connectivity index is 1.67. The third-order valence-corrected chi connectivity index (χ3v) is 5.77. The van der Waals surface area contributed by atoms with Crippen LogP contribution in [0.15, 0.2) is 48.5 Å². The van der Waals surface area contributed by atoms with Crippen LogP contribution in [-0.4, -0.2) is 36.2 Å². The van der Waals surface area contributed by atoms with Gasteiger partial charge in [-0.15, -0.1) is 0 Å².